The molecule has 0 bridgehead atoms. The highest BCUT2D eigenvalue weighted by atomic mass is 35.5. The minimum atomic E-state index is -1.19. The number of carboxylic acids is 1. The summed E-state index contributed by atoms with van der Waals surface area (Å²) in [5.41, 5.74) is 0.520. The number of carbonyl (C=O) groups is 2. The maximum absolute atomic E-state index is 10.9. The smallest absolute Gasteiger partial charge is 0.333 e. The summed E-state index contributed by atoms with van der Waals surface area (Å²) in [4.78, 5) is 20.4. The SMILES string of the molecule is C=C(C)C(=O)OCC[N+](C)(C)C.C=C(C)C(=O)[O-].Cl. The van der Waals surface area contributed by atoms with Crippen LogP contribution in [-0.4, -0.2) is 50.7 Å². The molecular formula is C13H24ClNO4. The molecule has 0 rings (SSSR count). The summed E-state index contributed by atoms with van der Waals surface area (Å²) < 4.78 is 5.72. The predicted octanol–water partition coefficient (Wildman–Crippen LogP) is 0.546. The average Bonchev–Trinajstić information content (AvgIpc) is 2.16. The lowest BCUT2D eigenvalue weighted by atomic mass is 10.4. The van der Waals surface area contributed by atoms with Gasteiger partial charge in [0.2, 0.25) is 0 Å². The lowest BCUT2D eigenvalue weighted by Crippen LogP contribution is -2.38. The first kappa shape index (κ1) is 22.8. The van der Waals surface area contributed by atoms with Gasteiger partial charge in [0, 0.05) is 5.57 Å². The Bertz CT molecular complexity index is 320. The van der Waals surface area contributed by atoms with Crippen molar-refractivity contribution in [1.82, 2.24) is 0 Å². The summed E-state index contributed by atoms with van der Waals surface area (Å²) in [7, 11) is 6.15. The maximum Gasteiger partial charge on any atom is 0.333 e. The zero-order valence-corrected chi connectivity index (χ0v) is 13.1. The first-order chi connectivity index (χ1) is 7.97. The molecule has 0 aromatic rings. The van der Waals surface area contributed by atoms with Crippen molar-refractivity contribution >= 4 is 24.3 Å². The third kappa shape index (κ3) is 19.2. The number of halogens is 1. The first-order valence-corrected chi connectivity index (χ1v) is 5.47. The molecule has 19 heavy (non-hydrogen) atoms. The predicted molar refractivity (Wildman–Crippen MR) is 75.7 cm³/mol. The van der Waals surface area contributed by atoms with Crippen LogP contribution >= 0.6 is 12.4 Å². The fourth-order valence-corrected chi connectivity index (χ4v) is 0.535. The molecule has 112 valence electrons. The molecule has 5 nitrogen and oxygen atoms in total. The summed E-state index contributed by atoms with van der Waals surface area (Å²) in [5.74, 6) is -1.49. The molecule has 0 atom stereocenters. The van der Waals surface area contributed by atoms with E-state index in [4.69, 9.17) is 4.74 Å². The van der Waals surface area contributed by atoms with Gasteiger partial charge in [-0.3, -0.25) is 0 Å². The Morgan fingerprint density at radius 3 is 1.68 bits per heavy atom. The molecule has 0 saturated heterocycles. The fourth-order valence-electron chi connectivity index (χ4n) is 0.535. The van der Waals surface area contributed by atoms with Gasteiger partial charge in [-0.2, -0.15) is 0 Å². The molecule has 0 aromatic carbocycles. The van der Waals surface area contributed by atoms with Crippen LogP contribution in [0.1, 0.15) is 13.8 Å². The van der Waals surface area contributed by atoms with E-state index in [-0.39, 0.29) is 23.9 Å². The van der Waals surface area contributed by atoms with Crippen LogP contribution in [-0.2, 0) is 14.3 Å². The van der Waals surface area contributed by atoms with Crippen LogP contribution in [0.25, 0.3) is 0 Å². The van der Waals surface area contributed by atoms with Crippen molar-refractivity contribution in [1.29, 1.82) is 0 Å². The lowest BCUT2D eigenvalue weighted by molar-refractivity contribution is -0.870. The summed E-state index contributed by atoms with van der Waals surface area (Å²) in [6.07, 6.45) is 0. The molecule has 0 aliphatic heterocycles. The molecule has 0 aliphatic rings. The van der Waals surface area contributed by atoms with Crippen LogP contribution in [0.2, 0.25) is 0 Å². The minimum Gasteiger partial charge on any atom is -0.545 e. The summed E-state index contributed by atoms with van der Waals surface area (Å²) >= 11 is 0. The van der Waals surface area contributed by atoms with Gasteiger partial charge < -0.3 is 19.1 Å². The van der Waals surface area contributed by atoms with Gasteiger partial charge in [-0.25, -0.2) is 4.79 Å². The molecule has 0 aromatic heterocycles. The Balaban J connectivity index is -0.000000313. The van der Waals surface area contributed by atoms with Gasteiger partial charge in [0.25, 0.3) is 0 Å². The number of hydrogen-bond acceptors (Lipinski definition) is 4. The lowest BCUT2D eigenvalue weighted by Gasteiger charge is -2.23. The third-order valence-electron chi connectivity index (χ3n) is 1.69. The van der Waals surface area contributed by atoms with E-state index in [1.54, 1.807) is 6.92 Å². The van der Waals surface area contributed by atoms with Crippen molar-refractivity contribution in [3.05, 3.63) is 24.3 Å². The van der Waals surface area contributed by atoms with Crippen molar-refractivity contribution in [2.75, 3.05) is 34.3 Å². The van der Waals surface area contributed by atoms with Crippen LogP contribution in [0.5, 0.6) is 0 Å². The topological polar surface area (TPSA) is 66.4 Å². The van der Waals surface area contributed by atoms with E-state index < -0.39 is 5.97 Å². The van der Waals surface area contributed by atoms with E-state index in [1.165, 1.54) is 6.92 Å². The highest BCUT2D eigenvalue weighted by molar-refractivity contribution is 5.86. The van der Waals surface area contributed by atoms with Crippen LogP contribution in [0.4, 0.5) is 0 Å². The maximum atomic E-state index is 10.9. The van der Waals surface area contributed by atoms with Crippen molar-refractivity contribution in [2.45, 2.75) is 13.8 Å². The zero-order valence-electron chi connectivity index (χ0n) is 12.3. The first-order valence-electron chi connectivity index (χ1n) is 5.47. The van der Waals surface area contributed by atoms with Crippen molar-refractivity contribution < 1.29 is 23.9 Å². The molecule has 0 radical (unpaired) electrons. The Labute approximate surface area is 121 Å². The highest BCUT2D eigenvalue weighted by Gasteiger charge is 2.09. The van der Waals surface area contributed by atoms with Gasteiger partial charge in [0.15, 0.2) is 0 Å². The van der Waals surface area contributed by atoms with Crippen LogP contribution in [0.3, 0.4) is 0 Å². The Hall–Kier alpha value is -1.33. The van der Waals surface area contributed by atoms with Crippen LogP contribution < -0.4 is 5.11 Å². The molecule has 0 heterocycles. The largest absolute Gasteiger partial charge is 0.545 e. The summed E-state index contributed by atoms with van der Waals surface area (Å²) in [6, 6.07) is 0. The fraction of sp³-hybridized carbons (Fsp3) is 0.538. The number of carbonyl (C=O) groups excluding carboxylic acids is 2. The second-order valence-electron chi connectivity index (χ2n) is 5.00. The molecule has 0 unspecified atom stereocenters. The van der Waals surface area contributed by atoms with Gasteiger partial charge in [0.1, 0.15) is 13.2 Å². The Kier molecular flexibility index (Phi) is 12.7. The number of esters is 1. The minimum absolute atomic E-state index is 0. The molecule has 0 aliphatic carbocycles. The summed E-state index contributed by atoms with van der Waals surface area (Å²) in [6.45, 7) is 10.9. The van der Waals surface area contributed by atoms with Gasteiger partial charge in [-0.15, -0.1) is 12.4 Å². The van der Waals surface area contributed by atoms with E-state index in [0.717, 1.165) is 11.0 Å². The monoisotopic (exact) mass is 293 g/mol. The van der Waals surface area contributed by atoms with Crippen molar-refractivity contribution in [3.8, 4) is 0 Å². The second kappa shape index (κ2) is 10.6. The average molecular weight is 294 g/mol. The van der Waals surface area contributed by atoms with E-state index in [1.807, 2.05) is 0 Å². The number of hydrogen-bond donors (Lipinski definition) is 0. The number of quaternary nitrogens is 1. The van der Waals surface area contributed by atoms with Gasteiger partial charge >= 0.3 is 5.97 Å². The van der Waals surface area contributed by atoms with Gasteiger partial charge in [0.05, 0.1) is 27.1 Å². The number of carboxylic acid groups (broad SMARTS) is 1. The van der Waals surface area contributed by atoms with E-state index >= 15 is 0 Å². The molecule has 0 amide bonds. The van der Waals surface area contributed by atoms with Crippen molar-refractivity contribution in [3.63, 3.8) is 0 Å². The standard InChI is InChI=1S/C9H18NO2.C4H6O2.ClH/c1-8(2)9(11)12-7-6-10(3,4)5;1-3(2)4(5)6;/h1,6-7H2,2-5H3;1H2,2H3,(H,5,6);1H/q+1;;/p-1. The van der Waals surface area contributed by atoms with E-state index in [2.05, 4.69) is 34.3 Å². The van der Waals surface area contributed by atoms with Gasteiger partial charge in [-0.05, 0) is 19.4 Å². The van der Waals surface area contributed by atoms with E-state index in [0.29, 0.717) is 12.2 Å². The molecule has 0 saturated carbocycles. The van der Waals surface area contributed by atoms with Crippen LogP contribution in [0.15, 0.2) is 24.3 Å². The zero-order chi connectivity index (χ0) is 14.9. The number of rotatable bonds is 5. The van der Waals surface area contributed by atoms with E-state index in [9.17, 15) is 14.7 Å². The van der Waals surface area contributed by atoms with Crippen molar-refractivity contribution in [2.24, 2.45) is 0 Å². The number of nitrogens with zero attached hydrogens (tertiary/aromatic N) is 1. The Morgan fingerprint density at radius 2 is 1.47 bits per heavy atom. The molecular weight excluding hydrogens is 270 g/mol. The molecule has 0 spiro atoms. The number of ether oxygens (including phenoxy) is 1. The quantitative estimate of drug-likeness (QED) is 0.422. The second-order valence-corrected chi connectivity index (χ2v) is 5.00. The normalized spacial score (nSPS) is 9.32. The Morgan fingerprint density at radius 1 is 1.11 bits per heavy atom. The highest BCUT2D eigenvalue weighted by Crippen LogP contribution is 1.94. The molecule has 0 fully saturated rings. The van der Waals surface area contributed by atoms with Gasteiger partial charge in [-0.1, -0.05) is 13.2 Å². The number of aliphatic carboxylic acids is 1. The molecule has 6 heteroatoms. The third-order valence-corrected chi connectivity index (χ3v) is 1.69. The summed E-state index contributed by atoms with van der Waals surface area (Å²) in [5, 5.41) is 9.49. The molecule has 0 N–H and O–H groups in total. The van der Waals surface area contributed by atoms with Crippen LogP contribution in [0, 0.1) is 0 Å². The number of likely N-dealkylation sites (N-methyl/N-ethyl adjacent to an activating group) is 1.